The van der Waals surface area contributed by atoms with Crippen LogP contribution in [0.4, 0.5) is 0 Å². The van der Waals surface area contributed by atoms with E-state index in [4.69, 9.17) is 16.3 Å². The molecule has 102 valence electrons. The summed E-state index contributed by atoms with van der Waals surface area (Å²) in [6.07, 6.45) is 1.56. The number of aliphatic carboxylic acids is 1. The van der Waals surface area contributed by atoms with Crippen molar-refractivity contribution < 1.29 is 14.6 Å². The van der Waals surface area contributed by atoms with Crippen LogP contribution < -0.4 is 4.74 Å². The SMILES string of the molecule is COc1ccccc1/C=C(/C(=O)O)c1ccccc1Cl. The normalized spacial score (nSPS) is 11.2. The summed E-state index contributed by atoms with van der Waals surface area (Å²) in [5, 5.41) is 9.81. The van der Waals surface area contributed by atoms with E-state index in [9.17, 15) is 9.90 Å². The molecule has 0 saturated carbocycles. The van der Waals surface area contributed by atoms with Gasteiger partial charge in [0.15, 0.2) is 0 Å². The minimum atomic E-state index is -1.04. The second kappa shape index (κ2) is 6.26. The molecule has 4 heteroatoms. The Labute approximate surface area is 122 Å². The standard InChI is InChI=1S/C16H13ClO3/c1-20-15-9-5-2-6-11(15)10-13(16(18)19)12-7-3-4-8-14(12)17/h2-10H,1H3,(H,18,19)/b13-10+. The third-order valence-electron chi connectivity index (χ3n) is 2.83. The minimum absolute atomic E-state index is 0.125. The van der Waals surface area contributed by atoms with Gasteiger partial charge in [0, 0.05) is 16.1 Å². The van der Waals surface area contributed by atoms with E-state index in [0.717, 1.165) is 0 Å². The van der Waals surface area contributed by atoms with Crippen molar-refractivity contribution >= 4 is 29.2 Å². The van der Waals surface area contributed by atoms with Crippen molar-refractivity contribution in [2.24, 2.45) is 0 Å². The van der Waals surface area contributed by atoms with Gasteiger partial charge in [0.2, 0.25) is 0 Å². The van der Waals surface area contributed by atoms with Gasteiger partial charge in [0.1, 0.15) is 5.75 Å². The Morgan fingerprint density at radius 2 is 1.80 bits per heavy atom. The largest absolute Gasteiger partial charge is 0.496 e. The number of rotatable bonds is 4. The zero-order chi connectivity index (χ0) is 14.5. The molecule has 0 bridgehead atoms. The van der Waals surface area contributed by atoms with Crippen LogP contribution in [0.25, 0.3) is 11.6 Å². The van der Waals surface area contributed by atoms with Crippen molar-refractivity contribution in [2.45, 2.75) is 0 Å². The van der Waals surface area contributed by atoms with Crippen LogP contribution in [0.1, 0.15) is 11.1 Å². The van der Waals surface area contributed by atoms with Crippen LogP contribution in [-0.2, 0) is 4.79 Å². The average Bonchev–Trinajstić information content (AvgIpc) is 2.46. The fourth-order valence-electron chi connectivity index (χ4n) is 1.88. The molecular weight excluding hydrogens is 276 g/mol. The molecule has 0 heterocycles. The number of hydrogen-bond acceptors (Lipinski definition) is 2. The second-order valence-corrected chi connectivity index (χ2v) is 4.49. The lowest BCUT2D eigenvalue weighted by Gasteiger charge is -2.08. The Morgan fingerprint density at radius 1 is 1.15 bits per heavy atom. The topological polar surface area (TPSA) is 46.5 Å². The lowest BCUT2D eigenvalue weighted by Crippen LogP contribution is -2.00. The molecule has 0 aliphatic heterocycles. The molecule has 1 N–H and O–H groups in total. The van der Waals surface area contributed by atoms with Gasteiger partial charge in [-0.15, -0.1) is 0 Å². The molecule has 0 saturated heterocycles. The van der Waals surface area contributed by atoms with Crippen LogP contribution in [0, 0.1) is 0 Å². The van der Waals surface area contributed by atoms with Gasteiger partial charge in [-0.05, 0) is 18.2 Å². The molecule has 2 rings (SSSR count). The Balaban J connectivity index is 2.57. The summed E-state index contributed by atoms with van der Waals surface area (Å²) in [5.74, 6) is -0.428. The summed E-state index contributed by atoms with van der Waals surface area (Å²) in [7, 11) is 1.54. The number of methoxy groups -OCH3 is 1. The number of hydrogen-bond donors (Lipinski definition) is 1. The highest BCUT2D eigenvalue weighted by Crippen LogP contribution is 2.28. The molecule has 0 unspecified atom stereocenters. The fraction of sp³-hybridized carbons (Fsp3) is 0.0625. The number of benzene rings is 2. The highest BCUT2D eigenvalue weighted by Gasteiger charge is 2.14. The zero-order valence-electron chi connectivity index (χ0n) is 10.8. The fourth-order valence-corrected chi connectivity index (χ4v) is 2.11. The van der Waals surface area contributed by atoms with Crippen LogP contribution in [0.5, 0.6) is 5.75 Å². The summed E-state index contributed by atoms with van der Waals surface area (Å²) >= 11 is 6.07. The van der Waals surface area contributed by atoms with E-state index < -0.39 is 5.97 Å². The maximum atomic E-state index is 11.5. The maximum absolute atomic E-state index is 11.5. The van der Waals surface area contributed by atoms with Crippen LogP contribution in [-0.4, -0.2) is 18.2 Å². The van der Waals surface area contributed by atoms with Gasteiger partial charge in [-0.3, -0.25) is 0 Å². The summed E-state index contributed by atoms with van der Waals surface area (Å²) in [4.78, 5) is 11.5. The van der Waals surface area contributed by atoms with E-state index in [1.165, 1.54) is 0 Å². The first kappa shape index (κ1) is 14.2. The quantitative estimate of drug-likeness (QED) is 0.684. The van der Waals surface area contributed by atoms with Gasteiger partial charge >= 0.3 is 5.97 Å². The van der Waals surface area contributed by atoms with E-state index in [1.54, 1.807) is 49.6 Å². The van der Waals surface area contributed by atoms with E-state index >= 15 is 0 Å². The molecule has 0 radical (unpaired) electrons. The van der Waals surface area contributed by atoms with Crippen molar-refractivity contribution in [3.63, 3.8) is 0 Å². The number of ether oxygens (including phenoxy) is 1. The van der Waals surface area contributed by atoms with Gasteiger partial charge in [-0.25, -0.2) is 4.79 Å². The first-order chi connectivity index (χ1) is 9.63. The Kier molecular flexibility index (Phi) is 4.43. The van der Waals surface area contributed by atoms with E-state index in [1.807, 2.05) is 12.1 Å². The number of carboxylic acids is 1. The predicted molar refractivity (Wildman–Crippen MR) is 80.0 cm³/mol. The van der Waals surface area contributed by atoms with E-state index in [-0.39, 0.29) is 5.57 Å². The number of para-hydroxylation sites is 1. The van der Waals surface area contributed by atoms with Crippen LogP contribution in [0.3, 0.4) is 0 Å². The van der Waals surface area contributed by atoms with Gasteiger partial charge in [-0.1, -0.05) is 48.0 Å². The van der Waals surface area contributed by atoms with Gasteiger partial charge in [0.05, 0.1) is 12.7 Å². The van der Waals surface area contributed by atoms with Gasteiger partial charge < -0.3 is 9.84 Å². The third-order valence-corrected chi connectivity index (χ3v) is 3.16. The molecule has 0 amide bonds. The molecular formula is C16H13ClO3. The van der Waals surface area contributed by atoms with Crippen LogP contribution in [0.2, 0.25) is 5.02 Å². The average molecular weight is 289 g/mol. The summed E-state index contributed by atoms with van der Waals surface area (Å²) < 4.78 is 5.22. The predicted octanol–water partition coefficient (Wildman–Crippen LogP) is 3.97. The molecule has 2 aromatic rings. The summed E-state index contributed by atoms with van der Waals surface area (Å²) in [6, 6.07) is 14.1. The van der Waals surface area contributed by atoms with E-state index in [2.05, 4.69) is 0 Å². The summed E-state index contributed by atoms with van der Waals surface area (Å²) in [6.45, 7) is 0. The number of halogens is 1. The molecule has 0 fully saturated rings. The molecule has 20 heavy (non-hydrogen) atoms. The van der Waals surface area contributed by atoms with Crippen molar-refractivity contribution in [2.75, 3.05) is 7.11 Å². The first-order valence-electron chi connectivity index (χ1n) is 5.96. The van der Waals surface area contributed by atoms with Crippen LogP contribution >= 0.6 is 11.6 Å². The van der Waals surface area contributed by atoms with Gasteiger partial charge in [-0.2, -0.15) is 0 Å². The Bertz CT molecular complexity index is 662. The molecule has 0 aliphatic rings. The number of carboxylic acid groups (broad SMARTS) is 1. The zero-order valence-corrected chi connectivity index (χ0v) is 11.6. The van der Waals surface area contributed by atoms with Gasteiger partial charge in [0.25, 0.3) is 0 Å². The lowest BCUT2D eigenvalue weighted by atomic mass is 10.0. The molecule has 0 spiro atoms. The molecule has 0 atom stereocenters. The van der Waals surface area contributed by atoms with Crippen molar-refractivity contribution in [1.29, 1.82) is 0 Å². The highest BCUT2D eigenvalue weighted by molar-refractivity contribution is 6.35. The highest BCUT2D eigenvalue weighted by atomic mass is 35.5. The number of carbonyl (C=O) groups is 1. The molecule has 2 aromatic carbocycles. The second-order valence-electron chi connectivity index (χ2n) is 4.08. The molecule has 0 aromatic heterocycles. The summed E-state index contributed by atoms with van der Waals surface area (Å²) in [5.41, 5.74) is 1.29. The Morgan fingerprint density at radius 3 is 2.45 bits per heavy atom. The lowest BCUT2D eigenvalue weighted by molar-refractivity contribution is -0.130. The minimum Gasteiger partial charge on any atom is -0.496 e. The Hall–Kier alpha value is -2.26. The third kappa shape index (κ3) is 3.00. The van der Waals surface area contributed by atoms with Crippen molar-refractivity contribution in [3.05, 3.63) is 64.7 Å². The van der Waals surface area contributed by atoms with Crippen LogP contribution in [0.15, 0.2) is 48.5 Å². The maximum Gasteiger partial charge on any atom is 0.336 e. The van der Waals surface area contributed by atoms with E-state index in [0.29, 0.717) is 21.9 Å². The first-order valence-corrected chi connectivity index (χ1v) is 6.34. The molecule has 0 aliphatic carbocycles. The monoisotopic (exact) mass is 288 g/mol. The van der Waals surface area contributed by atoms with Crippen molar-refractivity contribution in [1.82, 2.24) is 0 Å². The van der Waals surface area contributed by atoms with Crippen molar-refractivity contribution in [3.8, 4) is 5.75 Å². The smallest absolute Gasteiger partial charge is 0.336 e. The molecule has 3 nitrogen and oxygen atoms in total.